The lowest BCUT2D eigenvalue weighted by molar-refractivity contribution is -0.168. The van der Waals surface area contributed by atoms with E-state index in [9.17, 15) is 29.1 Å². The number of ether oxygens (including phenoxy) is 4. The first-order chi connectivity index (χ1) is 21.1. The van der Waals surface area contributed by atoms with Gasteiger partial charge >= 0.3 is 29.8 Å². The number of aliphatic carboxylic acids is 1. The van der Waals surface area contributed by atoms with Crippen molar-refractivity contribution in [3.63, 3.8) is 0 Å². The van der Waals surface area contributed by atoms with Gasteiger partial charge in [-0.05, 0) is 96.4 Å². The average Bonchev–Trinajstić information content (AvgIpc) is 2.81. The van der Waals surface area contributed by atoms with Crippen LogP contribution in [0.5, 0.6) is 0 Å². The number of carboxylic acids is 1. The Morgan fingerprint density at radius 1 is 0.574 bits per heavy atom. The minimum Gasteiger partial charge on any atom is -0.481 e. The Kier molecular flexibility index (Phi) is 17.6. The highest BCUT2D eigenvalue weighted by atomic mass is 16.6. The van der Waals surface area contributed by atoms with Crippen LogP contribution in [0.4, 0.5) is 0 Å². The van der Waals surface area contributed by atoms with Gasteiger partial charge in [-0.2, -0.15) is 0 Å². The predicted octanol–water partition coefficient (Wildman–Crippen LogP) is 3.90. The number of esters is 4. The molecule has 0 heterocycles. The average molecular weight is 674 g/mol. The van der Waals surface area contributed by atoms with E-state index in [-0.39, 0.29) is 32.2 Å². The standard InChI is InChI=1S/C34H63N3O10/c1-15-24(2)36(17-16-35(21-27(40)44-31(3,4)5)22-28(41)45-32(6,7)8)18-19-37(23-29(42)46-33(9,10)11)25(20-26(38)39)30(43)47-34(12,13)14/h24-25H,15-23H2,1-14H3,(H,38,39). The number of nitrogens with zero attached hydrogens (tertiary/aromatic N) is 3. The third kappa shape index (κ3) is 22.4. The molecule has 0 aromatic rings. The van der Waals surface area contributed by atoms with Crippen LogP contribution in [-0.2, 0) is 42.9 Å². The van der Waals surface area contributed by atoms with Gasteiger partial charge in [0.05, 0.1) is 26.1 Å². The van der Waals surface area contributed by atoms with Crippen molar-refractivity contribution in [3.8, 4) is 0 Å². The summed E-state index contributed by atoms with van der Waals surface area (Å²) in [7, 11) is 0. The van der Waals surface area contributed by atoms with E-state index in [0.717, 1.165) is 6.42 Å². The molecule has 0 aliphatic heterocycles. The molecule has 0 saturated carbocycles. The summed E-state index contributed by atoms with van der Waals surface area (Å²) in [5.41, 5.74) is -3.06. The van der Waals surface area contributed by atoms with Crippen LogP contribution in [0.25, 0.3) is 0 Å². The molecule has 13 nitrogen and oxygen atoms in total. The lowest BCUT2D eigenvalue weighted by Gasteiger charge is -2.36. The number of carbonyl (C=O) groups is 5. The van der Waals surface area contributed by atoms with Gasteiger partial charge in [-0.1, -0.05) is 6.92 Å². The molecule has 274 valence electrons. The van der Waals surface area contributed by atoms with Crippen molar-refractivity contribution >= 4 is 29.8 Å². The molecule has 0 rings (SSSR count). The summed E-state index contributed by atoms with van der Waals surface area (Å²) >= 11 is 0. The smallest absolute Gasteiger partial charge is 0.324 e. The van der Waals surface area contributed by atoms with Crippen LogP contribution >= 0.6 is 0 Å². The maximum Gasteiger partial charge on any atom is 0.324 e. The zero-order valence-electron chi connectivity index (χ0n) is 31.5. The zero-order chi connectivity index (χ0) is 37.0. The van der Waals surface area contributed by atoms with Crippen LogP contribution in [0.2, 0.25) is 0 Å². The Hall–Kier alpha value is -2.77. The monoisotopic (exact) mass is 673 g/mol. The molecule has 0 bridgehead atoms. The predicted molar refractivity (Wildman–Crippen MR) is 179 cm³/mol. The van der Waals surface area contributed by atoms with Crippen LogP contribution in [0.1, 0.15) is 110 Å². The van der Waals surface area contributed by atoms with Gasteiger partial charge in [0.2, 0.25) is 0 Å². The molecular formula is C34H63N3O10. The largest absolute Gasteiger partial charge is 0.481 e. The lowest BCUT2D eigenvalue weighted by atomic mass is 10.1. The summed E-state index contributed by atoms with van der Waals surface area (Å²) in [5, 5.41) is 9.69. The molecule has 0 saturated heterocycles. The molecule has 0 fully saturated rings. The molecule has 2 atom stereocenters. The summed E-state index contributed by atoms with van der Waals surface area (Å²) in [4.78, 5) is 68.8. The van der Waals surface area contributed by atoms with Gasteiger partial charge in [-0.15, -0.1) is 0 Å². The third-order valence-corrected chi connectivity index (χ3v) is 6.38. The Morgan fingerprint density at radius 2 is 0.936 bits per heavy atom. The molecule has 2 unspecified atom stereocenters. The van der Waals surface area contributed by atoms with E-state index >= 15 is 0 Å². The Labute approximate surface area is 282 Å². The maximum atomic E-state index is 13.3. The molecule has 0 aromatic carbocycles. The van der Waals surface area contributed by atoms with E-state index in [4.69, 9.17) is 18.9 Å². The second kappa shape index (κ2) is 18.7. The lowest BCUT2D eigenvalue weighted by Crippen LogP contribution is -2.52. The highest BCUT2D eigenvalue weighted by molar-refractivity contribution is 5.83. The molecule has 47 heavy (non-hydrogen) atoms. The molecule has 13 heteroatoms. The van der Waals surface area contributed by atoms with E-state index in [1.807, 2.05) is 13.8 Å². The second-order valence-electron chi connectivity index (χ2n) is 15.9. The zero-order valence-corrected chi connectivity index (χ0v) is 31.5. The van der Waals surface area contributed by atoms with Crippen LogP contribution in [0.15, 0.2) is 0 Å². The van der Waals surface area contributed by atoms with E-state index in [1.165, 1.54) is 4.90 Å². The Balaban J connectivity index is 6.23. The van der Waals surface area contributed by atoms with Gasteiger partial charge in [0.25, 0.3) is 0 Å². The highest BCUT2D eigenvalue weighted by Gasteiger charge is 2.35. The minimum absolute atomic E-state index is 0.0303. The first-order valence-corrected chi connectivity index (χ1v) is 16.4. The van der Waals surface area contributed by atoms with Crippen LogP contribution in [0.3, 0.4) is 0 Å². The van der Waals surface area contributed by atoms with Crippen molar-refractivity contribution in [1.82, 2.24) is 14.7 Å². The van der Waals surface area contributed by atoms with Gasteiger partial charge in [0, 0.05) is 32.2 Å². The topological polar surface area (TPSA) is 152 Å². The van der Waals surface area contributed by atoms with Gasteiger partial charge in [-0.3, -0.25) is 38.7 Å². The number of hydrogen-bond donors (Lipinski definition) is 1. The van der Waals surface area contributed by atoms with E-state index in [1.54, 1.807) is 88.0 Å². The molecule has 0 amide bonds. The van der Waals surface area contributed by atoms with Crippen molar-refractivity contribution in [3.05, 3.63) is 0 Å². The van der Waals surface area contributed by atoms with Gasteiger partial charge in [0.1, 0.15) is 28.4 Å². The molecule has 0 aromatic heterocycles. The van der Waals surface area contributed by atoms with Gasteiger partial charge < -0.3 is 24.1 Å². The quantitative estimate of drug-likeness (QED) is 0.166. The van der Waals surface area contributed by atoms with Crippen molar-refractivity contribution in [2.75, 3.05) is 45.8 Å². The first-order valence-electron chi connectivity index (χ1n) is 16.4. The maximum absolute atomic E-state index is 13.3. The highest BCUT2D eigenvalue weighted by Crippen LogP contribution is 2.17. The molecule has 0 aliphatic carbocycles. The third-order valence-electron chi connectivity index (χ3n) is 6.38. The second-order valence-corrected chi connectivity index (χ2v) is 15.9. The Bertz CT molecular complexity index is 1000. The van der Waals surface area contributed by atoms with Gasteiger partial charge in [-0.25, -0.2) is 0 Å². The summed E-state index contributed by atoms with van der Waals surface area (Å²) < 4.78 is 22.1. The molecule has 0 aliphatic rings. The Morgan fingerprint density at radius 3 is 1.30 bits per heavy atom. The molecular weight excluding hydrogens is 610 g/mol. The summed E-state index contributed by atoms with van der Waals surface area (Å²) in [6.45, 7) is 25.5. The fourth-order valence-electron chi connectivity index (χ4n) is 4.45. The fraction of sp³-hybridized carbons (Fsp3) is 0.853. The van der Waals surface area contributed by atoms with Crippen LogP contribution in [-0.4, -0.2) is 130 Å². The van der Waals surface area contributed by atoms with E-state index in [0.29, 0.717) is 19.6 Å². The van der Waals surface area contributed by atoms with Crippen LogP contribution in [0, 0.1) is 0 Å². The van der Waals surface area contributed by atoms with E-state index < -0.39 is 64.7 Å². The van der Waals surface area contributed by atoms with Crippen molar-refractivity contribution < 1.29 is 48.0 Å². The van der Waals surface area contributed by atoms with Crippen LogP contribution < -0.4 is 0 Å². The summed E-state index contributed by atoms with van der Waals surface area (Å²) in [5.74, 6) is -3.53. The van der Waals surface area contributed by atoms with Crippen molar-refractivity contribution in [1.29, 1.82) is 0 Å². The first kappa shape index (κ1) is 44.2. The van der Waals surface area contributed by atoms with Gasteiger partial charge in [0.15, 0.2) is 0 Å². The van der Waals surface area contributed by atoms with E-state index in [2.05, 4.69) is 4.90 Å². The fourth-order valence-corrected chi connectivity index (χ4v) is 4.45. The van der Waals surface area contributed by atoms with Crippen molar-refractivity contribution in [2.24, 2.45) is 0 Å². The number of rotatable bonds is 18. The normalized spacial score (nSPS) is 14.1. The number of carbonyl (C=O) groups excluding carboxylic acids is 4. The SMILES string of the molecule is CCC(C)N(CCN(CC(=O)OC(C)(C)C)CC(=O)OC(C)(C)C)CCN(CC(=O)OC(C)(C)C)C(CC(=O)O)C(=O)OC(C)(C)C. The summed E-state index contributed by atoms with van der Waals surface area (Å²) in [6.07, 6.45) is 0.190. The molecule has 0 radical (unpaired) electrons. The summed E-state index contributed by atoms with van der Waals surface area (Å²) in [6, 6.07) is -1.21. The number of carboxylic acid groups (broad SMARTS) is 1. The molecule has 0 spiro atoms. The minimum atomic E-state index is -1.24. The van der Waals surface area contributed by atoms with Crippen molar-refractivity contribution in [2.45, 2.75) is 144 Å². The number of hydrogen-bond acceptors (Lipinski definition) is 12. The molecule has 1 N–H and O–H groups in total.